The topological polar surface area (TPSA) is 84.9 Å². The number of rotatable bonds is 10. The van der Waals surface area contributed by atoms with Gasteiger partial charge in [0.2, 0.25) is 11.8 Å². The first-order chi connectivity index (χ1) is 16.8. The number of allylic oxidation sites excluding steroid dienone is 1. The van der Waals surface area contributed by atoms with E-state index < -0.39 is 17.3 Å². The molecular weight excluding hydrogens is 444 g/mol. The Bertz CT molecular complexity index is 924. The standard InChI is InChI=1S/C28H40N2O5/c1-5-35-27(33)28-16-9-7-6-8-10-24(28)30(19-21-11-13-22(34-4)14-12-21)26(32)23(28)18-25(31)29-17-15-20(2)3/h10-14,20,23H,5-9,15-19H2,1-4H3,(H,29,31)/b24-10+/t23-,28+/m1/s1. The quantitative estimate of drug-likeness (QED) is 0.491. The molecule has 0 spiro atoms. The zero-order valence-electron chi connectivity index (χ0n) is 21.6. The lowest BCUT2D eigenvalue weighted by atomic mass is 9.69. The van der Waals surface area contributed by atoms with Crippen molar-refractivity contribution in [2.24, 2.45) is 17.3 Å². The van der Waals surface area contributed by atoms with Crippen LogP contribution in [0.3, 0.4) is 0 Å². The maximum atomic E-state index is 13.9. The first-order valence-corrected chi connectivity index (χ1v) is 12.9. The second kappa shape index (κ2) is 12.2. The number of hydrogen-bond donors (Lipinski definition) is 1. The van der Waals surface area contributed by atoms with Crippen LogP contribution in [0, 0.1) is 17.3 Å². The predicted molar refractivity (Wildman–Crippen MR) is 134 cm³/mol. The average Bonchev–Trinajstić information content (AvgIpc) is 3.01. The van der Waals surface area contributed by atoms with E-state index in [0.29, 0.717) is 31.1 Å². The van der Waals surface area contributed by atoms with E-state index in [4.69, 9.17) is 9.47 Å². The van der Waals surface area contributed by atoms with Gasteiger partial charge in [-0.2, -0.15) is 0 Å². The summed E-state index contributed by atoms with van der Waals surface area (Å²) in [5.41, 5.74) is 0.508. The number of benzene rings is 1. The highest BCUT2D eigenvalue weighted by Gasteiger charge is 2.61. The molecule has 1 N–H and O–H groups in total. The monoisotopic (exact) mass is 484 g/mol. The second-order valence-corrected chi connectivity index (χ2v) is 9.94. The maximum Gasteiger partial charge on any atom is 0.318 e. The molecule has 2 aliphatic rings. The Morgan fingerprint density at radius 2 is 1.91 bits per heavy atom. The van der Waals surface area contributed by atoms with E-state index >= 15 is 0 Å². The van der Waals surface area contributed by atoms with Crippen molar-refractivity contribution in [3.8, 4) is 5.75 Å². The number of nitrogens with zero attached hydrogens (tertiary/aromatic N) is 1. The summed E-state index contributed by atoms with van der Waals surface area (Å²) in [6.45, 7) is 7.10. The third kappa shape index (κ3) is 6.06. The van der Waals surface area contributed by atoms with Crippen LogP contribution in [0.2, 0.25) is 0 Å². The summed E-state index contributed by atoms with van der Waals surface area (Å²) in [6, 6.07) is 7.57. The van der Waals surface area contributed by atoms with Gasteiger partial charge in [0.25, 0.3) is 0 Å². The average molecular weight is 485 g/mol. The molecule has 35 heavy (non-hydrogen) atoms. The van der Waals surface area contributed by atoms with Crippen molar-refractivity contribution in [1.29, 1.82) is 0 Å². The summed E-state index contributed by atoms with van der Waals surface area (Å²) in [5.74, 6) is -0.332. The molecule has 1 saturated heterocycles. The van der Waals surface area contributed by atoms with Gasteiger partial charge in [0.1, 0.15) is 11.2 Å². The normalized spacial score (nSPS) is 23.7. The molecule has 1 aromatic rings. The maximum absolute atomic E-state index is 13.9. The van der Waals surface area contributed by atoms with Gasteiger partial charge in [0.15, 0.2) is 0 Å². The van der Waals surface area contributed by atoms with Crippen LogP contribution in [0.1, 0.15) is 71.3 Å². The van der Waals surface area contributed by atoms with Crippen LogP contribution in [0.15, 0.2) is 36.0 Å². The van der Waals surface area contributed by atoms with Crippen molar-refractivity contribution in [3.63, 3.8) is 0 Å². The van der Waals surface area contributed by atoms with Gasteiger partial charge in [0, 0.05) is 18.7 Å². The summed E-state index contributed by atoms with van der Waals surface area (Å²) in [6.07, 6.45) is 6.97. The number of likely N-dealkylation sites (tertiary alicyclic amines) is 1. The number of amides is 2. The van der Waals surface area contributed by atoms with Crippen molar-refractivity contribution < 1.29 is 23.9 Å². The molecule has 3 rings (SSSR count). The molecule has 0 bridgehead atoms. The minimum Gasteiger partial charge on any atom is -0.497 e. The highest BCUT2D eigenvalue weighted by molar-refractivity contribution is 5.98. The van der Waals surface area contributed by atoms with E-state index in [1.54, 1.807) is 18.9 Å². The van der Waals surface area contributed by atoms with Crippen molar-refractivity contribution in [2.45, 2.75) is 72.3 Å². The molecule has 0 radical (unpaired) electrons. The fourth-order valence-electron chi connectivity index (χ4n) is 5.20. The zero-order valence-corrected chi connectivity index (χ0v) is 21.6. The first-order valence-electron chi connectivity index (χ1n) is 12.9. The minimum atomic E-state index is -1.13. The summed E-state index contributed by atoms with van der Waals surface area (Å²) >= 11 is 0. The molecule has 2 atom stereocenters. The van der Waals surface area contributed by atoms with E-state index in [1.165, 1.54) is 0 Å². The van der Waals surface area contributed by atoms with Crippen LogP contribution in [0.4, 0.5) is 0 Å². The summed E-state index contributed by atoms with van der Waals surface area (Å²) in [5, 5.41) is 2.96. The summed E-state index contributed by atoms with van der Waals surface area (Å²) < 4.78 is 10.8. The van der Waals surface area contributed by atoms with Gasteiger partial charge < -0.3 is 19.7 Å². The van der Waals surface area contributed by atoms with Crippen molar-refractivity contribution in [2.75, 3.05) is 20.3 Å². The Labute approximate surface area is 209 Å². The number of fused-ring (bicyclic) bond motifs is 1. The number of ether oxygens (including phenoxy) is 2. The van der Waals surface area contributed by atoms with Gasteiger partial charge in [0.05, 0.1) is 26.2 Å². The summed E-state index contributed by atoms with van der Waals surface area (Å²) in [4.78, 5) is 42.2. The van der Waals surface area contributed by atoms with Crippen LogP contribution in [0.5, 0.6) is 5.75 Å². The smallest absolute Gasteiger partial charge is 0.318 e. The molecule has 7 nitrogen and oxygen atoms in total. The number of carbonyl (C=O) groups excluding carboxylic acids is 3. The van der Waals surface area contributed by atoms with Crippen LogP contribution in [-0.4, -0.2) is 42.9 Å². The highest BCUT2D eigenvalue weighted by atomic mass is 16.5. The molecular formula is C28H40N2O5. The van der Waals surface area contributed by atoms with E-state index in [-0.39, 0.29) is 24.8 Å². The molecule has 1 aliphatic heterocycles. The molecule has 1 aromatic carbocycles. The van der Waals surface area contributed by atoms with Gasteiger partial charge >= 0.3 is 5.97 Å². The Hall–Kier alpha value is -2.83. The van der Waals surface area contributed by atoms with Crippen LogP contribution < -0.4 is 10.1 Å². The molecule has 192 valence electrons. The van der Waals surface area contributed by atoms with E-state index in [2.05, 4.69) is 19.2 Å². The third-order valence-electron chi connectivity index (χ3n) is 7.09. The molecule has 1 fully saturated rings. The molecule has 7 heteroatoms. The molecule has 2 amide bonds. The molecule has 0 unspecified atom stereocenters. The van der Waals surface area contributed by atoms with E-state index in [1.807, 2.05) is 30.3 Å². The van der Waals surface area contributed by atoms with Crippen molar-refractivity contribution >= 4 is 17.8 Å². The van der Waals surface area contributed by atoms with Gasteiger partial charge in [-0.05, 0) is 56.2 Å². The van der Waals surface area contributed by atoms with Crippen LogP contribution >= 0.6 is 0 Å². The number of esters is 1. The van der Waals surface area contributed by atoms with Gasteiger partial charge in [-0.3, -0.25) is 14.4 Å². The fraction of sp³-hybridized carbons (Fsp3) is 0.607. The summed E-state index contributed by atoms with van der Waals surface area (Å²) in [7, 11) is 1.61. The number of carbonyl (C=O) groups is 3. The molecule has 0 saturated carbocycles. The predicted octanol–water partition coefficient (Wildman–Crippen LogP) is 4.60. The number of methoxy groups -OCH3 is 1. The van der Waals surface area contributed by atoms with Gasteiger partial charge in [-0.25, -0.2) is 0 Å². The fourth-order valence-corrected chi connectivity index (χ4v) is 5.20. The lowest BCUT2D eigenvalue weighted by Gasteiger charge is -2.34. The van der Waals surface area contributed by atoms with Crippen LogP contribution in [0.25, 0.3) is 0 Å². The van der Waals surface area contributed by atoms with Crippen LogP contribution in [-0.2, 0) is 25.7 Å². The Balaban J connectivity index is 1.98. The SMILES string of the molecule is CCOC(=O)[C@]12CCCCC/C=C\1N(Cc1ccc(OC)cc1)C(=O)[C@H]2CC(=O)NCCC(C)C. The minimum absolute atomic E-state index is 0.0216. The first kappa shape index (κ1) is 26.8. The van der Waals surface area contributed by atoms with Crippen molar-refractivity contribution in [1.82, 2.24) is 10.2 Å². The lowest BCUT2D eigenvalue weighted by molar-refractivity contribution is -0.158. The third-order valence-corrected chi connectivity index (χ3v) is 7.09. The highest BCUT2D eigenvalue weighted by Crippen LogP contribution is 2.53. The Morgan fingerprint density at radius 3 is 2.57 bits per heavy atom. The zero-order chi connectivity index (χ0) is 25.4. The Morgan fingerprint density at radius 1 is 1.17 bits per heavy atom. The van der Waals surface area contributed by atoms with Crippen molar-refractivity contribution in [3.05, 3.63) is 41.6 Å². The number of nitrogens with one attached hydrogen (secondary N) is 1. The molecule has 0 aromatic heterocycles. The Kier molecular flexibility index (Phi) is 9.35. The van der Waals surface area contributed by atoms with E-state index in [0.717, 1.165) is 43.4 Å². The largest absolute Gasteiger partial charge is 0.497 e. The van der Waals surface area contributed by atoms with E-state index in [9.17, 15) is 14.4 Å². The molecule has 1 aliphatic carbocycles. The lowest BCUT2D eigenvalue weighted by Crippen LogP contribution is -2.42. The van der Waals surface area contributed by atoms with Gasteiger partial charge in [-0.15, -0.1) is 0 Å². The second-order valence-electron chi connectivity index (χ2n) is 9.94. The molecule has 1 heterocycles. The van der Waals surface area contributed by atoms with Gasteiger partial charge in [-0.1, -0.05) is 44.9 Å². The number of hydrogen-bond acceptors (Lipinski definition) is 5.